The number of hydrogen-bond acceptors (Lipinski definition) is 4. The van der Waals surface area contributed by atoms with Gasteiger partial charge in [-0.15, -0.1) is 0 Å². The van der Waals surface area contributed by atoms with Gasteiger partial charge < -0.3 is 25.3 Å². The van der Waals surface area contributed by atoms with Crippen molar-refractivity contribution in [2.24, 2.45) is 0 Å². The average Bonchev–Trinajstić information content (AvgIpc) is 2.47. The monoisotopic (exact) mass is 442 g/mol. The Morgan fingerprint density at radius 2 is 1.88 bits per heavy atom. The molecule has 0 fully saturated rings. The number of benzene rings is 1. The van der Waals surface area contributed by atoms with Gasteiger partial charge in [-0.1, -0.05) is 5.57 Å². The largest absolute Gasteiger partial charge is 0.533 e. The SMILES string of the molecule is CC(C)=C(C)/C(C)=C(\C)OCNc1c[c-]c(N[C-]=O)cc1O.[V].[Y]. The molecule has 0 saturated heterocycles. The van der Waals surface area contributed by atoms with E-state index in [1.165, 1.54) is 29.7 Å². The molecular formula is C17H22N2O3VY-2. The zero-order chi connectivity index (χ0) is 16.7. The molecule has 0 heterocycles. The fraction of sp³-hybridized carbons (Fsp3) is 0.353. The van der Waals surface area contributed by atoms with Gasteiger partial charge in [-0.3, -0.25) is 6.07 Å². The summed E-state index contributed by atoms with van der Waals surface area (Å²) in [6.07, 6.45) is 1.52. The molecule has 5 nitrogen and oxygen atoms in total. The van der Waals surface area contributed by atoms with Crippen molar-refractivity contribution in [2.75, 3.05) is 17.4 Å². The Hall–Kier alpha value is -0.742. The van der Waals surface area contributed by atoms with Crippen molar-refractivity contribution < 1.29 is 65.9 Å². The number of allylic oxidation sites excluding steroid dienone is 4. The number of hydrogen-bond donors (Lipinski definition) is 3. The Bertz CT molecular complexity index is 612. The zero-order valence-electron chi connectivity index (χ0n) is 14.7. The van der Waals surface area contributed by atoms with Crippen molar-refractivity contribution in [1.29, 1.82) is 0 Å². The summed E-state index contributed by atoms with van der Waals surface area (Å²) in [4.78, 5) is 10.2. The molecule has 3 N–H and O–H groups in total. The van der Waals surface area contributed by atoms with E-state index in [-0.39, 0.29) is 63.7 Å². The standard InChI is InChI=1S/C17H22N2O3.V.Y/c1-11(2)12(3)13(4)14(5)22-10-19-16-7-6-15(18-9-20)8-17(16)21;;/h7-8,19,21H,10H2,1-5H3,(H,18,20);;/q-2;;/b14-13+;;. The minimum atomic E-state index is -0.000987. The Kier molecular flexibility index (Phi) is 13.4. The number of nitrogens with one attached hydrogen (secondary N) is 2. The first-order chi connectivity index (χ1) is 10.4. The first-order valence-electron chi connectivity index (χ1n) is 6.93. The van der Waals surface area contributed by atoms with Gasteiger partial charge in [0.05, 0.1) is 12.2 Å². The third-order valence-corrected chi connectivity index (χ3v) is 3.51. The van der Waals surface area contributed by atoms with Gasteiger partial charge in [0.1, 0.15) is 6.73 Å². The second-order valence-corrected chi connectivity index (χ2v) is 5.14. The van der Waals surface area contributed by atoms with Crippen LogP contribution in [0.15, 0.2) is 34.6 Å². The van der Waals surface area contributed by atoms with Gasteiger partial charge in [0, 0.05) is 57.0 Å². The van der Waals surface area contributed by atoms with Crippen molar-refractivity contribution in [3.8, 4) is 5.75 Å². The van der Waals surface area contributed by atoms with Crippen LogP contribution in [0.5, 0.6) is 5.75 Å². The van der Waals surface area contributed by atoms with Crippen LogP contribution in [0.4, 0.5) is 11.4 Å². The van der Waals surface area contributed by atoms with Crippen LogP contribution in [-0.4, -0.2) is 18.2 Å². The summed E-state index contributed by atoms with van der Waals surface area (Å²) < 4.78 is 5.64. The maximum atomic E-state index is 10.2. The number of carbonyl (C=O) groups excluding carboxylic acids is 1. The van der Waals surface area contributed by atoms with Gasteiger partial charge in [0.25, 0.3) is 0 Å². The molecule has 1 aromatic carbocycles. The van der Waals surface area contributed by atoms with Crippen molar-refractivity contribution in [3.05, 3.63) is 40.7 Å². The number of anilines is 2. The van der Waals surface area contributed by atoms with Gasteiger partial charge >= 0.3 is 0 Å². The summed E-state index contributed by atoms with van der Waals surface area (Å²) in [6.45, 7) is 10.3. The molecule has 0 spiro atoms. The van der Waals surface area contributed by atoms with Crippen molar-refractivity contribution in [2.45, 2.75) is 34.6 Å². The minimum absolute atomic E-state index is 0. The maximum Gasteiger partial charge on any atom is 0.148 e. The van der Waals surface area contributed by atoms with Crippen LogP contribution in [0.1, 0.15) is 34.6 Å². The summed E-state index contributed by atoms with van der Waals surface area (Å²) in [5.41, 5.74) is 4.37. The molecule has 0 aromatic heterocycles. The van der Waals surface area contributed by atoms with E-state index in [9.17, 15) is 9.90 Å². The van der Waals surface area contributed by atoms with Gasteiger partial charge in [0.2, 0.25) is 0 Å². The number of ether oxygens (including phenoxy) is 1. The maximum absolute atomic E-state index is 10.2. The topological polar surface area (TPSA) is 70.6 Å². The molecule has 0 atom stereocenters. The summed E-state index contributed by atoms with van der Waals surface area (Å²) in [5.74, 6) is 0.822. The van der Waals surface area contributed by atoms with Crippen LogP contribution in [0.3, 0.4) is 0 Å². The molecule has 24 heavy (non-hydrogen) atoms. The van der Waals surface area contributed by atoms with Crippen molar-refractivity contribution in [1.82, 2.24) is 0 Å². The van der Waals surface area contributed by atoms with Crippen LogP contribution in [0.2, 0.25) is 0 Å². The zero-order valence-corrected chi connectivity index (χ0v) is 18.9. The number of rotatable bonds is 7. The first-order valence-corrected chi connectivity index (χ1v) is 6.93. The van der Waals surface area contributed by atoms with Crippen LogP contribution >= 0.6 is 0 Å². The molecule has 1 aromatic rings. The molecule has 0 bridgehead atoms. The van der Waals surface area contributed by atoms with E-state index in [4.69, 9.17) is 4.74 Å². The predicted octanol–water partition coefficient (Wildman–Crippen LogP) is 3.70. The molecule has 0 saturated carbocycles. The Morgan fingerprint density at radius 3 is 2.38 bits per heavy atom. The van der Waals surface area contributed by atoms with E-state index in [0.717, 1.165) is 11.3 Å². The van der Waals surface area contributed by atoms with Crippen LogP contribution in [0.25, 0.3) is 0 Å². The average molecular weight is 442 g/mol. The molecule has 1 rings (SSSR count). The van der Waals surface area contributed by atoms with Crippen LogP contribution in [-0.2, 0) is 60.8 Å². The second-order valence-electron chi connectivity index (χ2n) is 5.14. The van der Waals surface area contributed by atoms with Crippen molar-refractivity contribution >= 4 is 17.8 Å². The van der Waals surface area contributed by atoms with E-state index in [0.29, 0.717) is 11.4 Å². The van der Waals surface area contributed by atoms with E-state index in [2.05, 4.69) is 37.5 Å². The van der Waals surface area contributed by atoms with Gasteiger partial charge in [-0.2, -0.15) is 12.1 Å². The molecule has 0 aliphatic heterocycles. The van der Waals surface area contributed by atoms with Gasteiger partial charge in [-0.25, -0.2) is 5.69 Å². The quantitative estimate of drug-likeness (QED) is 0.151. The molecule has 0 aliphatic carbocycles. The van der Waals surface area contributed by atoms with E-state index in [1.54, 1.807) is 0 Å². The van der Waals surface area contributed by atoms with Crippen molar-refractivity contribution in [3.63, 3.8) is 0 Å². The predicted molar refractivity (Wildman–Crippen MR) is 88.3 cm³/mol. The number of phenolic OH excluding ortho intramolecular Hbond substituents is 1. The third-order valence-electron chi connectivity index (χ3n) is 3.51. The Morgan fingerprint density at radius 1 is 1.25 bits per heavy atom. The molecular weight excluding hydrogens is 420 g/mol. The molecule has 0 aliphatic rings. The summed E-state index contributed by atoms with van der Waals surface area (Å²) >= 11 is 0. The Balaban J connectivity index is 0. The van der Waals surface area contributed by atoms with Gasteiger partial charge in [-0.05, 0) is 51.5 Å². The second kappa shape index (κ2) is 12.6. The minimum Gasteiger partial charge on any atom is -0.533 e. The van der Waals surface area contributed by atoms with E-state index in [1.807, 2.05) is 13.8 Å². The summed E-state index contributed by atoms with van der Waals surface area (Å²) in [7, 11) is 0. The summed E-state index contributed by atoms with van der Waals surface area (Å²) in [5, 5.41) is 15.1. The number of phenols is 1. The number of amides is 1. The smallest absolute Gasteiger partial charge is 0.148 e. The fourth-order valence-corrected chi connectivity index (χ4v) is 1.72. The van der Waals surface area contributed by atoms with E-state index >= 15 is 0 Å². The normalized spacial score (nSPS) is 10.4. The summed E-state index contributed by atoms with van der Waals surface area (Å²) in [6, 6.07) is 5.72. The third kappa shape index (κ3) is 7.89. The molecule has 7 heteroatoms. The van der Waals surface area contributed by atoms with E-state index < -0.39 is 0 Å². The molecule has 0 unspecified atom stereocenters. The van der Waals surface area contributed by atoms with Gasteiger partial charge in [0.15, 0.2) is 0 Å². The first kappa shape index (κ1) is 25.5. The molecule has 2 radical (unpaired) electrons. The molecule has 1 amide bonds. The Labute approximate surface area is 181 Å². The molecule has 128 valence electrons. The van der Waals surface area contributed by atoms with Crippen LogP contribution in [0, 0.1) is 6.07 Å². The number of aromatic hydroxyl groups is 1. The fourth-order valence-electron chi connectivity index (χ4n) is 1.72. The van der Waals surface area contributed by atoms with Crippen LogP contribution < -0.4 is 10.6 Å².